The van der Waals surface area contributed by atoms with Crippen LogP contribution in [0.2, 0.25) is 5.02 Å². The zero-order valence-corrected chi connectivity index (χ0v) is 18.5. The highest BCUT2D eigenvalue weighted by molar-refractivity contribution is 9.11. The van der Waals surface area contributed by atoms with Crippen LogP contribution < -0.4 is 5.32 Å². The summed E-state index contributed by atoms with van der Waals surface area (Å²) in [5.74, 6) is -0.404. The number of carbonyl (C=O) groups is 1. The topological polar surface area (TPSA) is 66.5 Å². The Kier molecular flexibility index (Phi) is 6.97. The highest BCUT2D eigenvalue weighted by Crippen LogP contribution is 2.30. The zero-order chi connectivity index (χ0) is 19.4. The van der Waals surface area contributed by atoms with Crippen molar-refractivity contribution < 1.29 is 13.2 Å². The van der Waals surface area contributed by atoms with Crippen LogP contribution in [-0.4, -0.2) is 38.3 Å². The molecule has 2 heterocycles. The SMILES string of the molecule is O=C(NCCc1ccc(Cl)cc1)[C@H]1CCCN(S(=O)(=O)c2ccc(Br)s2)C1. The number of hydrogen-bond donors (Lipinski definition) is 1. The van der Waals surface area contributed by atoms with Gasteiger partial charge in [-0.2, -0.15) is 4.31 Å². The predicted octanol–water partition coefficient (Wildman–Crippen LogP) is 3.92. The van der Waals surface area contributed by atoms with Gasteiger partial charge in [0.25, 0.3) is 10.0 Å². The normalized spacial score (nSPS) is 18.4. The lowest BCUT2D eigenvalue weighted by Crippen LogP contribution is -2.45. The summed E-state index contributed by atoms with van der Waals surface area (Å²) in [4.78, 5) is 12.5. The van der Waals surface area contributed by atoms with Crippen LogP contribution in [0.3, 0.4) is 0 Å². The van der Waals surface area contributed by atoms with Crippen LogP contribution in [-0.2, 0) is 21.2 Å². The first-order valence-electron chi connectivity index (χ1n) is 8.64. The molecule has 0 unspecified atom stereocenters. The number of halogens is 2. The second kappa shape index (κ2) is 9.05. The van der Waals surface area contributed by atoms with Gasteiger partial charge in [0.2, 0.25) is 5.91 Å². The molecular weight excluding hydrogens is 472 g/mol. The number of nitrogens with zero attached hydrogens (tertiary/aromatic N) is 1. The third-order valence-electron chi connectivity index (χ3n) is 4.52. The van der Waals surface area contributed by atoms with Crippen molar-refractivity contribution in [1.82, 2.24) is 9.62 Å². The van der Waals surface area contributed by atoms with Crippen LogP contribution >= 0.6 is 38.9 Å². The average Bonchev–Trinajstić information content (AvgIpc) is 3.10. The zero-order valence-electron chi connectivity index (χ0n) is 14.5. The van der Waals surface area contributed by atoms with Crippen LogP contribution in [0.15, 0.2) is 44.4 Å². The van der Waals surface area contributed by atoms with Crippen molar-refractivity contribution in [3.05, 3.63) is 50.8 Å². The molecule has 5 nitrogen and oxygen atoms in total. The largest absolute Gasteiger partial charge is 0.355 e. The van der Waals surface area contributed by atoms with Gasteiger partial charge in [0.05, 0.1) is 9.70 Å². The van der Waals surface area contributed by atoms with E-state index in [2.05, 4.69) is 21.2 Å². The van der Waals surface area contributed by atoms with Gasteiger partial charge in [-0.05, 0) is 65.0 Å². The molecule has 1 aliphatic rings. The fraction of sp³-hybridized carbons (Fsp3) is 0.389. The molecule has 27 heavy (non-hydrogen) atoms. The second-order valence-electron chi connectivity index (χ2n) is 6.43. The molecule has 0 radical (unpaired) electrons. The number of thiophene rings is 1. The van der Waals surface area contributed by atoms with E-state index in [9.17, 15) is 13.2 Å². The van der Waals surface area contributed by atoms with Crippen molar-refractivity contribution in [2.45, 2.75) is 23.5 Å². The maximum Gasteiger partial charge on any atom is 0.252 e. The molecule has 1 saturated heterocycles. The monoisotopic (exact) mass is 490 g/mol. The first kappa shape index (κ1) is 20.8. The van der Waals surface area contributed by atoms with E-state index >= 15 is 0 Å². The van der Waals surface area contributed by atoms with Crippen LogP contribution in [0.4, 0.5) is 0 Å². The van der Waals surface area contributed by atoms with E-state index in [0.29, 0.717) is 41.6 Å². The summed E-state index contributed by atoms with van der Waals surface area (Å²) in [5, 5.41) is 3.62. The van der Waals surface area contributed by atoms with Crippen molar-refractivity contribution in [3.8, 4) is 0 Å². The van der Waals surface area contributed by atoms with E-state index in [-0.39, 0.29) is 18.4 Å². The Morgan fingerprint density at radius 1 is 1.26 bits per heavy atom. The van der Waals surface area contributed by atoms with E-state index in [1.165, 1.54) is 15.6 Å². The standard InChI is InChI=1S/C18H20BrClN2O3S2/c19-16-7-8-17(26-16)27(24,25)22-11-1-2-14(12-22)18(23)21-10-9-13-3-5-15(20)6-4-13/h3-8,14H,1-2,9-12H2,(H,21,23)/t14-/m0/s1. The lowest BCUT2D eigenvalue weighted by Gasteiger charge is -2.30. The Balaban J connectivity index is 1.55. The van der Waals surface area contributed by atoms with Crippen molar-refractivity contribution in [2.75, 3.05) is 19.6 Å². The first-order chi connectivity index (χ1) is 12.9. The molecule has 146 valence electrons. The summed E-state index contributed by atoms with van der Waals surface area (Å²) < 4.78 is 28.0. The fourth-order valence-corrected chi connectivity index (χ4v) is 6.88. The van der Waals surface area contributed by atoms with E-state index < -0.39 is 10.0 Å². The van der Waals surface area contributed by atoms with E-state index in [1.807, 2.05) is 24.3 Å². The minimum absolute atomic E-state index is 0.0868. The first-order valence-corrected chi connectivity index (χ1v) is 12.1. The summed E-state index contributed by atoms with van der Waals surface area (Å²) in [7, 11) is -3.55. The van der Waals surface area contributed by atoms with Gasteiger partial charge in [-0.1, -0.05) is 23.7 Å². The molecule has 1 aromatic heterocycles. The van der Waals surface area contributed by atoms with Crippen molar-refractivity contribution in [3.63, 3.8) is 0 Å². The summed E-state index contributed by atoms with van der Waals surface area (Å²) in [6.45, 7) is 1.19. The van der Waals surface area contributed by atoms with Crippen LogP contribution in [0.1, 0.15) is 18.4 Å². The van der Waals surface area contributed by atoms with E-state index in [0.717, 1.165) is 9.35 Å². The highest BCUT2D eigenvalue weighted by atomic mass is 79.9. The molecule has 0 aliphatic carbocycles. The molecule has 1 aliphatic heterocycles. The van der Waals surface area contributed by atoms with Gasteiger partial charge in [0.1, 0.15) is 4.21 Å². The number of nitrogens with one attached hydrogen (secondary N) is 1. The molecule has 1 fully saturated rings. The predicted molar refractivity (Wildman–Crippen MR) is 112 cm³/mol. The van der Waals surface area contributed by atoms with Crippen molar-refractivity contribution in [2.24, 2.45) is 5.92 Å². The maximum atomic E-state index is 12.8. The van der Waals surface area contributed by atoms with Crippen molar-refractivity contribution in [1.29, 1.82) is 0 Å². The summed E-state index contributed by atoms with van der Waals surface area (Å²) in [6.07, 6.45) is 2.09. The molecule has 0 saturated carbocycles. The van der Waals surface area contributed by atoms with Gasteiger partial charge in [0.15, 0.2) is 0 Å². The quantitative estimate of drug-likeness (QED) is 0.666. The Bertz CT molecular complexity index is 900. The number of hydrogen-bond acceptors (Lipinski definition) is 4. The van der Waals surface area contributed by atoms with E-state index in [1.54, 1.807) is 12.1 Å². The average molecular weight is 492 g/mol. The Labute approximate surface area is 176 Å². The number of sulfonamides is 1. The molecule has 1 atom stereocenters. The highest BCUT2D eigenvalue weighted by Gasteiger charge is 2.33. The molecular formula is C18H20BrClN2O3S2. The Morgan fingerprint density at radius 3 is 2.67 bits per heavy atom. The summed E-state index contributed by atoms with van der Waals surface area (Å²) in [6, 6.07) is 10.8. The van der Waals surface area contributed by atoms with Gasteiger partial charge in [-0.15, -0.1) is 11.3 Å². The minimum Gasteiger partial charge on any atom is -0.355 e. The number of piperidine rings is 1. The third-order valence-corrected chi connectivity index (χ3v) is 8.73. The molecule has 0 bridgehead atoms. The lowest BCUT2D eigenvalue weighted by molar-refractivity contribution is -0.126. The van der Waals surface area contributed by atoms with E-state index in [4.69, 9.17) is 11.6 Å². The molecule has 1 aromatic carbocycles. The fourth-order valence-electron chi connectivity index (χ4n) is 3.06. The third kappa shape index (κ3) is 5.32. The number of amides is 1. The van der Waals surface area contributed by atoms with Crippen LogP contribution in [0, 0.1) is 5.92 Å². The Hall–Kier alpha value is -0.930. The van der Waals surface area contributed by atoms with Crippen LogP contribution in [0.25, 0.3) is 0 Å². The number of rotatable bonds is 6. The van der Waals surface area contributed by atoms with Crippen molar-refractivity contribution >= 4 is 54.8 Å². The molecule has 2 aromatic rings. The van der Waals surface area contributed by atoms with Gasteiger partial charge >= 0.3 is 0 Å². The number of benzene rings is 1. The minimum atomic E-state index is -3.55. The van der Waals surface area contributed by atoms with Gasteiger partial charge in [0, 0.05) is 24.7 Å². The Morgan fingerprint density at radius 2 is 2.00 bits per heavy atom. The van der Waals surface area contributed by atoms with Gasteiger partial charge in [-0.25, -0.2) is 8.42 Å². The molecule has 1 N–H and O–H groups in total. The molecule has 0 spiro atoms. The van der Waals surface area contributed by atoms with Gasteiger partial charge < -0.3 is 5.32 Å². The lowest BCUT2D eigenvalue weighted by atomic mass is 9.99. The second-order valence-corrected chi connectivity index (χ2v) is 11.5. The van der Waals surface area contributed by atoms with Crippen LogP contribution in [0.5, 0.6) is 0 Å². The maximum absolute atomic E-state index is 12.8. The molecule has 3 rings (SSSR count). The van der Waals surface area contributed by atoms with Gasteiger partial charge in [-0.3, -0.25) is 4.79 Å². The summed E-state index contributed by atoms with van der Waals surface area (Å²) >= 11 is 10.4. The molecule has 1 amide bonds. The number of carbonyl (C=O) groups excluding carboxylic acids is 1. The molecule has 9 heteroatoms. The smallest absolute Gasteiger partial charge is 0.252 e. The summed E-state index contributed by atoms with van der Waals surface area (Å²) in [5.41, 5.74) is 1.09.